The van der Waals surface area contributed by atoms with Crippen LogP contribution in [0.5, 0.6) is 0 Å². The van der Waals surface area contributed by atoms with Crippen molar-refractivity contribution in [1.82, 2.24) is 4.98 Å². The number of aromatic nitrogens is 1. The Morgan fingerprint density at radius 2 is 1.78 bits per heavy atom. The van der Waals surface area contributed by atoms with E-state index in [1.165, 1.54) is 16.7 Å². The van der Waals surface area contributed by atoms with Crippen LogP contribution in [0.15, 0.2) is 36.4 Å². The van der Waals surface area contributed by atoms with Crippen LogP contribution in [0.3, 0.4) is 0 Å². The van der Waals surface area contributed by atoms with Gasteiger partial charge < -0.3 is 10.3 Å². The van der Waals surface area contributed by atoms with E-state index >= 15 is 0 Å². The van der Waals surface area contributed by atoms with E-state index in [4.69, 9.17) is 0 Å². The number of aromatic amines is 1. The molecule has 0 spiro atoms. The first kappa shape index (κ1) is 15.3. The van der Waals surface area contributed by atoms with Crippen LogP contribution in [0, 0.1) is 27.7 Å². The molecule has 1 aromatic heterocycles. The minimum absolute atomic E-state index is 0.0127. The molecular weight excluding hydrogens is 284 g/mol. The minimum atomic E-state index is 0.0127. The third kappa shape index (κ3) is 3.14. The summed E-state index contributed by atoms with van der Waals surface area (Å²) in [5, 5.41) is 4.14. The number of rotatable bonds is 3. The molecule has 3 heteroatoms. The molecule has 2 aromatic carbocycles. The summed E-state index contributed by atoms with van der Waals surface area (Å²) in [7, 11) is 0. The van der Waals surface area contributed by atoms with Crippen molar-refractivity contribution < 1.29 is 4.79 Å². The van der Waals surface area contributed by atoms with E-state index < -0.39 is 0 Å². The Hall–Kier alpha value is -2.55. The molecule has 0 unspecified atom stereocenters. The number of carbonyl (C=O) groups excluding carboxylic acids is 1. The van der Waals surface area contributed by atoms with Crippen molar-refractivity contribution in [3.63, 3.8) is 0 Å². The zero-order chi connectivity index (χ0) is 16.6. The predicted octanol–water partition coefficient (Wildman–Crippen LogP) is 4.58. The number of carbonyl (C=O) groups is 1. The Bertz CT molecular complexity index is 890. The van der Waals surface area contributed by atoms with Gasteiger partial charge in [-0.1, -0.05) is 17.7 Å². The van der Waals surface area contributed by atoms with E-state index in [1.54, 1.807) is 0 Å². The second-order valence-electron chi connectivity index (χ2n) is 6.30. The number of hydrogen-bond donors (Lipinski definition) is 2. The molecule has 23 heavy (non-hydrogen) atoms. The van der Waals surface area contributed by atoms with E-state index in [1.807, 2.05) is 25.1 Å². The monoisotopic (exact) mass is 306 g/mol. The Balaban J connectivity index is 1.84. The lowest BCUT2D eigenvalue weighted by Crippen LogP contribution is -2.15. The molecule has 0 saturated heterocycles. The Labute approximate surface area is 136 Å². The molecule has 3 rings (SSSR count). The van der Waals surface area contributed by atoms with Crippen LogP contribution < -0.4 is 5.32 Å². The molecule has 3 aromatic rings. The number of hydrogen-bond acceptors (Lipinski definition) is 1. The van der Waals surface area contributed by atoms with E-state index in [0.717, 1.165) is 27.8 Å². The Kier molecular flexibility index (Phi) is 3.95. The number of nitrogens with one attached hydrogen (secondary N) is 2. The fourth-order valence-corrected chi connectivity index (χ4v) is 2.91. The summed E-state index contributed by atoms with van der Waals surface area (Å²) in [4.78, 5) is 15.8. The second kappa shape index (κ2) is 5.92. The molecule has 1 heterocycles. The van der Waals surface area contributed by atoms with Gasteiger partial charge in [-0.2, -0.15) is 0 Å². The molecule has 0 bridgehead atoms. The van der Waals surface area contributed by atoms with Crippen molar-refractivity contribution in [2.75, 3.05) is 5.32 Å². The van der Waals surface area contributed by atoms with Gasteiger partial charge in [0.25, 0.3) is 0 Å². The van der Waals surface area contributed by atoms with Crippen molar-refractivity contribution in [2.45, 2.75) is 34.1 Å². The number of fused-ring (bicyclic) bond motifs is 1. The third-order valence-corrected chi connectivity index (χ3v) is 4.40. The van der Waals surface area contributed by atoms with Gasteiger partial charge in [0.2, 0.25) is 5.91 Å². The topological polar surface area (TPSA) is 44.9 Å². The highest BCUT2D eigenvalue weighted by Crippen LogP contribution is 2.24. The lowest BCUT2D eigenvalue weighted by molar-refractivity contribution is -0.115. The molecule has 0 radical (unpaired) electrons. The second-order valence-corrected chi connectivity index (χ2v) is 6.30. The molecule has 0 aliphatic carbocycles. The largest absolute Gasteiger partial charge is 0.358 e. The van der Waals surface area contributed by atoms with Gasteiger partial charge in [0.05, 0.1) is 6.42 Å². The van der Waals surface area contributed by atoms with E-state index in [0.29, 0.717) is 6.42 Å². The quantitative estimate of drug-likeness (QED) is 0.730. The first-order valence-corrected chi connectivity index (χ1v) is 7.89. The fourth-order valence-electron chi connectivity index (χ4n) is 2.91. The molecule has 0 aliphatic rings. The van der Waals surface area contributed by atoms with Gasteiger partial charge in [-0.3, -0.25) is 4.79 Å². The van der Waals surface area contributed by atoms with Crippen LogP contribution >= 0.6 is 0 Å². The van der Waals surface area contributed by atoms with Crippen molar-refractivity contribution in [3.05, 3.63) is 64.3 Å². The molecule has 0 saturated carbocycles. The average Bonchev–Trinajstić information content (AvgIpc) is 2.79. The van der Waals surface area contributed by atoms with Crippen LogP contribution in [0.2, 0.25) is 0 Å². The van der Waals surface area contributed by atoms with Crippen molar-refractivity contribution >= 4 is 22.5 Å². The van der Waals surface area contributed by atoms with Crippen LogP contribution in [0.25, 0.3) is 10.9 Å². The van der Waals surface area contributed by atoms with Crippen LogP contribution in [-0.2, 0) is 11.2 Å². The maximum Gasteiger partial charge on any atom is 0.228 e. The summed E-state index contributed by atoms with van der Waals surface area (Å²) in [6, 6.07) is 12.3. The summed E-state index contributed by atoms with van der Waals surface area (Å²) < 4.78 is 0. The summed E-state index contributed by atoms with van der Waals surface area (Å²) in [6.07, 6.45) is 0.377. The highest BCUT2D eigenvalue weighted by atomic mass is 16.1. The summed E-state index contributed by atoms with van der Waals surface area (Å²) in [5.74, 6) is 0.0127. The first-order valence-electron chi connectivity index (χ1n) is 7.89. The van der Waals surface area contributed by atoms with E-state index in [2.05, 4.69) is 49.3 Å². The van der Waals surface area contributed by atoms with Crippen LogP contribution in [-0.4, -0.2) is 10.9 Å². The molecule has 1 amide bonds. The normalized spacial score (nSPS) is 11.0. The highest BCUT2D eigenvalue weighted by molar-refractivity contribution is 5.96. The molecule has 3 nitrogen and oxygen atoms in total. The lowest BCUT2D eigenvalue weighted by Gasteiger charge is -2.08. The molecular formula is C20H22N2O. The van der Waals surface area contributed by atoms with Gasteiger partial charge in [0.15, 0.2) is 0 Å². The number of amides is 1. The minimum Gasteiger partial charge on any atom is -0.358 e. The Morgan fingerprint density at radius 1 is 1.00 bits per heavy atom. The predicted molar refractivity (Wildman–Crippen MR) is 96.0 cm³/mol. The zero-order valence-electron chi connectivity index (χ0n) is 14.1. The molecule has 2 N–H and O–H groups in total. The standard InChI is InChI=1S/C20H22N2O/c1-12-5-8-19-18(9-12)17(15(4)21-19)11-20(23)22-16-7-6-13(2)14(3)10-16/h5-10,21H,11H2,1-4H3,(H,22,23). The van der Waals surface area contributed by atoms with Gasteiger partial charge in [-0.15, -0.1) is 0 Å². The maximum absolute atomic E-state index is 12.4. The zero-order valence-corrected chi connectivity index (χ0v) is 14.1. The fraction of sp³-hybridized carbons (Fsp3) is 0.250. The molecule has 118 valence electrons. The highest BCUT2D eigenvalue weighted by Gasteiger charge is 2.13. The molecule has 0 fully saturated rings. The molecule has 0 atom stereocenters. The van der Waals surface area contributed by atoms with Crippen molar-refractivity contribution in [3.8, 4) is 0 Å². The van der Waals surface area contributed by atoms with Crippen LogP contribution in [0.4, 0.5) is 5.69 Å². The SMILES string of the molecule is Cc1ccc2[nH]c(C)c(CC(=O)Nc3ccc(C)c(C)c3)c2c1. The molecule has 0 aliphatic heterocycles. The van der Waals surface area contributed by atoms with Crippen molar-refractivity contribution in [1.29, 1.82) is 0 Å². The van der Waals surface area contributed by atoms with Gasteiger partial charge in [-0.05, 0) is 68.7 Å². The van der Waals surface area contributed by atoms with Gasteiger partial charge in [0.1, 0.15) is 0 Å². The van der Waals surface area contributed by atoms with E-state index in [9.17, 15) is 4.79 Å². The third-order valence-electron chi connectivity index (χ3n) is 4.40. The number of H-pyrrole nitrogens is 1. The average molecular weight is 306 g/mol. The number of benzene rings is 2. The summed E-state index contributed by atoms with van der Waals surface area (Å²) in [5.41, 5.74) is 7.68. The summed E-state index contributed by atoms with van der Waals surface area (Å²) >= 11 is 0. The Morgan fingerprint density at radius 3 is 2.52 bits per heavy atom. The lowest BCUT2D eigenvalue weighted by atomic mass is 10.1. The van der Waals surface area contributed by atoms with E-state index in [-0.39, 0.29) is 5.91 Å². The first-order chi connectivity index (χ1) is 10.9. The smallest absolute Gasteiger partial charge is 0.228 e. The van der Waals surface area contributed by atoms with Gasteiger partial charge in [-0.25, -0.2) is 0 Å². The maximum atomic E-state index is 12.4. The number of aryl methyl sites for hydroxylation is 4. The van der Waals surface area contributed by atoms with Crippen LogP contribution in [0.1, 0.15) is 27.9 Å². The van der Waals surface area contributed by atoms with Crippen molar-refractivity contribution in [2.24, 2.45) is 0 Å². The van der Waals surface area contributed by atoms with Gasteiger partial charge >= 0.3 is 0 Å². The van der Waals surface area contributed by atoms with Gasteiger partial charge in [0, 0.05) is 22.3 Å². The number of anilines is 1. The summed E-state index contributed by atoms with van der Waals surface area (Å²) in [6.45, 7) is 8.21.